The minimum atomic E-state index is -5.32. The van der Waals surface area contributed by atoms with Gasteiger partial charge in [0.25, 0.3) is 93.0 Å². The Hall–Kier alpha value is -11.2. The maximum Gasteiger partial charge on any atom is 0.296 e. The number of hydrogen-bond acceptors (Lipinski definition) is 28. The highest BCUT2D eigenvalue weighted by Gasteiger charge is 2.28. The maximum atomic E-state index is 12.9. The molecule has 0 radical (unpaired) electrons. The molecule has 0 aliphatic heterocycles. The number of aromatic amines is 4. The summed E-state index contributed by atoms with van der Waals surface area (Å²) in [7, 11) is -41.9. The highest BCUT2D eigenvalue weighted by atomic mass is 35.5. The Kier molecular flexibility index (Phi) is 21.7. The normalized spacial score (nSPS) is 13.8. The van der Waals surface area contributed by atoms with Crippen LogP contribution in [-0.4, -0.2) is 156 Å². The first kappa shape index (κ1) is 79.4. The Morgan fingerprint density at radius 2 is 0.676 bits per heavy atom. The molecule has 108 heavy (non-hydrogen) atoms. The summed E-state index contributed by atoms with van der Waals surface area (Å²) in [4.78, 5) is 27.2. The van der Waals surface area contributed by atoms with Gasteiger partial charge in [0.2, 0.25) is 33.0 Å². The van der Waals surface area contributed by atoms with E-state index in [4.69, 9.17) is 34.0 Å². The van der Waals surface area contributed by atoms with E-state index in [1.54, 1.807) is 0 Å². The highest BCUT2D eigenvalue weighted by Crippen LogP contribution is 2.40. The largest absolute Gasteiger partial charge is 0.481 e. The highest BCUT2D eigenvalue weighted by molar-refractivity contribution is 7.88. The SMILES string of the molecule is N=C(O)Nc1cc(N=c2nc(Cl)[nH]c(=Nc3ccc(C=Cc4ccc(N=c5[nH]c(Cl)nc(=Nc6ccc(N=Nc7cc8c(S(=O)(=O)O)cc(S(=O)(=O)O)cc8cc7S(=O)(=O)O)c(NC(=N)O)c6)[nH]5)cc4S(=O)(=O)O)c(S(=O)(=O)O)c3)[nH]2)ccc1N=Nc1cc2c(S(=O)(=O)O)cc(S(=O)(=O)O)cc2cc1S(=O)(=O)O. The van der Waals surface area contributed by atoms with Crippen LogP contribution in [-0.2, 0) is 80.9 Å². The summed E-state index contributed by atoms with van der Waals surface area (Å²) in [5.74, 6) is 0. The lowest BCUT2D eigenvalue weighted by atomic mass is 10.1. The lowest BCUT2D eigenvalue weighted by molar-refractivity contribution is 0.477. The lowest BCUT2D eigenvalue weighted by Gasteiger charge is -2.11. The van der Waals surface area contributed by atoms with E-state index >= 15 is 0 Å². The summed E-state index contributed by atoms with van der Waals surface area (Å²) in [6.07, 6.45) is 2.07. The van der Waals surface area contributed by atoms with Crippen LogP contribution in [0.3, 0.4) is 0 Å². The number of fused-ring (bicyclic) bond motifs is 2. The van der Waals surface area contributed by atoms with Crippen LogP contribution < -0.4 is 33.1 Å². The van der Waals surface area contributed by atoms with Crippen molar-refractivity contribution in [1.82, 2.24) is 29.9 Å². The number of nitrogens with one attached hydrogen (secondary N) is 8. The molecule has 0 aliphatic carbocycles. The van der Waals surface area contributed by atoms with Gasteiger partial charge < -0.3 is 30.8 Å². The molecule has 0 atom stereocenters. The smallest absolute Gasteiger partial charge is 0.296 e. The summed E-state index contributed by atoms with van der Waals surface area (Å²) in [6, 6.07) is 15.3. The van der Waals surface area contributed by atoms with E-state index in [0.717, 1.165) is 60.7 Å². The average molecular weight is 1680 g/mol. The molecule has 2 aromatic heterocycles. The first-order valence-electron chi connectivity index (χ1n) is 28.0. The van der Waals surface area contributed by atoms with Crippen molar-refractivity contribution in [3.8, 4) is 0 Å². The molecule has 18 N–H and O–H groups in total. The molecular weight excluding hydrogens is 1640 g/mol. The molecule has 0 bridgehead atoms. The predicted molar refractivity (Wildman–Crippen MR) is 374 cm³/mol. The molecule has 0 amide bonds. The van der Waals surface area contributed by atoms with E-state index in [2.05, 4.69) is 81.0 Å². The van der Waals surface area contributed by atoms with E-state index in [1.807, 2.05) is 0 Å². The minimum Gasteiger partial charge on any atom is -0.481 e. The van der Waals surface area contributed by atoms with Crippen LogP contribution in [0.25, 0.3) is 33.7 Å². The molecule has 0 fully saturated rings. The number of azo groups is 2. The fraction of sp³-hybridized carbons (Fsp3) is 0. The van der Waals surface area contributed by atoms with Crippen LogP contribution in [0.4, 0.5) is 56.9 Å². The van der Waals surface area contributed by atoms with Crippen molar-refractivity contribution >= 4 is 207 Å². The summed E-state index contributed by atoms with van der Waals surface area (Å²) < 4.78 is 278. The van der Waals surface area contributed by atoms with Gasteiger partial charge in [0, 0.05) is 10.8 Å². The number of benzene rings is 8. The zero-order valence-electron chi connectivity index (χ0n) is 52.2. The molecule has 8 aromatic carbocycles. The van der Waals surface area contributed by atoms with E-state index in [1.165, 1.54) is 24.3 Å². The van der Waals surface area contributed by atoms with Crippen molar-refractivity contribution in [1.29, 1.82) is 10.8 Å². The first-order chi connectivity index (χ1) is 49.9. The summed E-state index contributed by atoms with van der Waals surface area (Å²) in [5.41, 5.74) is -5.36. The second-order valence-electron chi connectivity index (χ2n) is 21.4. The third kappa shape index (κ3) is 19.3. The van der Waals surface area contributed by atoms with Crippen LogP contribution >= 0.6 is 23.2 Å². The number of aliphatic hydroxyl groups excluding tert-OH is 2. The van der Waals surface area contributed by atoms with E-state index < -0.39 is 176 Å². The Morgan fingerprint density at radius 3 is 0.991 bits per heavy atom. The topological polar surface area (TPSA) is 735 Å². The molecule has 2 heterocycles. The fourth-order valence-corrected chi connectivity index (χ4v) is 15.3. The van der Waals surface area contributed by atoms with E-state index in [-0.39, 0.29) is 79.1 Å². The predicted octanol–water partition coefficient (Wildman–Crippen LogP) is 7.12. The van der Waals surface area contributed by atoms with Crippen molar-refractivity contribution < 1.29 is 114 Å². The first-order valence-corrected chi connectivity index (χ1v) is 40.3. The van der Waals surface area contributed by atoms with Crippen molar-refractivity contribution in [2.45, 2.75) is 39.2 Å². The van der Waals surface area contributed by atoms with Crippen LogP contribution in [0.2, 0.25) is 10.6 Å². The van der Waals surface area contributed by atoms with Gasteiger partial charge >= 0.3 is 0 Å². The molecular formula is C54H40Cl2N18O26S8. The molecule has 0 saturated heterocycles. The molecule has 54 heteroatoms. The molecule has 564 valence electrons. The van der Waals surface area contributed by atoms with Gasteiger partial charge in [0.1, 0.15) is 52.1 Å². The van der Waals surface area contributed by atoms with Gasteiger partial charge in [-0.2, -0.15) is 77.3 Å². The number of aliphatic hydroxyl groups is 2. The second-order valence-corrected chi connectivity index (χ2v) is 33.2. The third-order valence-electron chi connectivity index (χ3n) is 13.9. The van der Waals surface area contributed by atoms with Crippen molar-refractivity contribution in [2.24, 2.45) is 40.4 Å². The number of aromatic nitrogens is 6. The minimum absolute atomic E-state index is 0.0901. The molecule has 0 aliphatic rings. The maximum absolute atomic E-state index is 12.9. The number of H-pyrrole nitrogens is 4. The van der Waals surface area contributed by atoms with Crippen molar-refractivity contribution in [2.75, 3.05) is 10.6 Å². The van der Waals surface area contributed by atoms with Crippen molar-refractivity contribution in [3.05, 3.63) is 165 Å². The van der Waals surface area contributed by atoms with Gasteiger partial charge in [-0.25, -0.2) is 20.0 Å². The fourth-order valence-electron chi connectivity index (χ4n) is 9.54. The van der Waals surface area contributed by atoms with E-state index in [9.17, 15) is 114 Å². The van der Waals surface area contributed by atoms with Crippen LogP contribution in [0, 0.1) is 10.8 Å². The van der Waals surface area contributed by atoms with Gasteiger partial charge in [0.15, 0.2) is 0 Å². The molecule has 10 aromatic rings. The zero-order valence-corrected chi connectivity index (χ0v) is 60.2. The lowest BCUT2D eigenvalue weighted by Crippen LogP contribution is -2.26. The molecule has 0 spiro atoms. The monoisotopic (exact) mass is 1680 g/mol. The van der Waals surface area contributed by atoms with Gasteiger partial charge in [-0.05, 0) is 154 Å². The van der Waals surface area contributed by atoms with Gasteiger partial charge in [0.05, 0.1) is 43.9 Å². The Morgan fingerprint density at radius 1 is 0.361 bits per heavy atom. The summed E-state index contributed by atoms with van der Waals surface area (Å²) in [5, 5.41) is 51.8. The summed E-state index contributed by atoms with van der Waals surface area (Å²) >= 11 is 12.5. The molecule has 0 saturated carbocycles. The number of halogens is 2. The molecule has 44 nitrogen and oxygen atoms in total. The van der Waals surface area contributed by atoms with Gasteiger partial charge in [-0.1, -0.05) is 24.3 Å². The average Bonchev–Trinajstić information content (AvgIpc) is 0.755. The number of anilines is 2. The second kappa shape index (κ2) is 29.5. The summed E-state index contributed by atoms with van der Waals surface area (Å²) in [6.45, 7) is 0. The Bertz CT molecular complexity index is 6580. The Labute approximate surface area is 612 Å². The van der Waals surface area contributed by atoms with Crippen molar-refractivity contribution in [3.63, 3.8) is 0 Å². The number of hydrogen-bond donors (Lipinski definition) is 18. The number of rotatable bonds is 20. The molecule has 0 unspecified atom stereocenters. The number of amidine groups is 2. The van der Waals surface area contributed by atoms with E-state index in [0.29, 0.717) is 48.5 Å². The Balaban J connectivity index is 0.929. The molecule has 10 rings (SSSR count). The standard InChI is InChI=1S/C54H40Cl2N18O26S8/c55-47-65-51(59-27-7-9-35(37(15-27)63-49(57)75)71-73-39-21-33-25(13-45(39)107(95,96)97)11-31(101(77,78)79)19-43(33)105(89,90)91)69-53(67-47)61-29-5-3-23(41(17-29)103(83,84)85)1-2-24-4-6-30(18-42(24)104(86,87)88)62-54-68-48(56)66-52(70-54)60-28-8-10-36(38(16-28)64-50(58)76)72-74-40-22-34-26(14-46(40)108(98,99)100)12-32(102(80,81)82)20-44(34)106(92,93)94/h1-22H,(H3,57,63,75)(H3,58,64,76)(H,77,78,79)(H,80,81,82)(H,83,84,85)(H,86,87,88)(H,89,90,91)(H,92,93,94)(H,95,96,97)(H,98,99,100)(H2,59,61,65,67,69)(H2,60,62,66,68,70). The van der Waals surface area contributed by atoms with Crippen LogP contribution in [0.15, 0.2) is 201 Å². The third-order valence-corrected chi connectivity index (χ3v) is 21.3. The van der Waals surface area contributed by atoms with Crippen LogP contribution in [0.5, 0.6) is 0 Å². The zero-order chi connectivity index (χ0) is 79.3. The quantitative estimate of drug-likeness (QED) is 0.0119. The number of nitrogens with zero attached hydrogens (tertiary/aromatic N) is 10. The van der Waals surface area contributed by atoms with Gasteiger partial charge in [-0.3, -0.25) is 57.2 Å². The van der Waals surface area contributed by atoms with Crippen LogP contribution in [0.1, 0.15) is 11.1 Å². The van der Waals surface area contributed by atoms with Gasteiger partial charge in [-0.15, -0.1) is 20.5 Å².